The van der Waals surface area contributed by atoms with Crippen LogP contribution in [-0.2, 0) is 0 Å². The second-order valence-electron chi connectivity index (χ2n) is 3.71. The van der Waals surface area contributed by atoms with Crippen LogP contribution < -0.4 is 0 Å². The average Bonchev–Trinajstić information content (AvgIpc) is 2.71. The zero-order valence-electron chi connectivity index (χ0n) is 8.36. The highest BCUT2D eigenvalue weighted by atomic mass is 79.9. The summed E-state index contributed by atoms with van der Waals surface area (Å²) in [5.74, 6) is 0.534. The molecule has 2 rings (SSSR count). The lowest BCUT2D eigenvalue weighted by molar-refractivity contribution is 0.0763. The van der Waals surface area contributed by atoms with E-state index < -0.39 is 0 Å². The minimum atomic E-state index is -0.385. The highest BCUT2D eigenvalue weighted by Crippen LogP contribution is 2.22. The number of hydrogen-bond acceptors (Lipinski definition) is 3. The van der Waals surface area contributed by atoms with Crippen molar-refractivity contribution in [3.8, 4) is 0 Å². The van der Waals surface area contributed by atoms with Crippen molar-refractivity contribution in [3.05, 3.63) is 22.1 Å². The third kappa shape index (κ3) is 2.08. The van der Waals surface area contributed by atoms with Gasteiger partial charge in [-0.05, 0) is 29.3 Å². The van der Waals surface area contributed by atoms with Gasteiger partial charge in [-0.15, -0.1) is 0 Å². The number of carbonyl (C=O) groups excluding carboxylic acids is 1. The molecule has 1 saturated heterocycles. The number of furan rings is 1. The van der Waals surface area contributed by atoms with Gasteiger partial charge in [0.15, 0.2) is 4.67 Å². The first-order valence-electron chi connectivity index (χ1n) is 4.81. The summed E-state index contributed by atoms with van der Waals surface area (Å²) >= 11 is 3.18. The summed E-state index contributed by atoms with van der Waals surface area (Å²) in [5.41, 5.74) is 0.566. The van der Waals surface area contributed by atoms with Gasteiger partial charge in [0.05, 0.1) is 11.7 Å². The normalized spacial score (nSPS) is 21.0. The molecule has 5 heteroatoms. The number of nitrogens with zero attached hydrogens (tertiary/aromatic N) is 1. The molecular formula is C10H12BrNO3. The molecule has 0 aliphatic carbocycles. The van der Waals surface area contributed by atoms with Gasteiger partial charge in [-0.1, -0.05) is 0 Å². The van der Waals surface area contributed by atoms with Crippen molar-refractivity contribution in [1.29, 1.82) is 0 Å². The molecule has 0 spiro atoms. The first kappa shape index (κ1) is 10.7. The monoisotopic (exact) mass is 273 g/mol. The molecule has 82 valence electrons. The first-order valence-corrected chi connectivity index (χ1v) is 5.60. The molecule has 0 saturated carbocycles. The summed E-state index contributed by atoms with van der Waals surface area (Å²) in [4.78, 5) is 13.6. The topological polar surface area (TPSA) is 53.7 Å². The number of hydrogen-bond donors (Lipinski definition) is 1. The smallest absolute Gasteiger partial charge is 0.257 e. The van der Waals surface area contributed by atoms with Crippen molar-refractivity contribution in [2.45, 2.75) is 19.4 Å². The lowest BCUT2D eigenvalue weighted by atomic mass is 10.2. The molecule has 2 heterocycles. The summed E-state index contributed by atoms with van der Waals surface area (Å²) in [6.45, 7) is 2.79. The van der Waals surface area contributed by atoms with Crippen LogP contribution in [0.3, 0.4) is 0 Å². The van der Waals surface area contributed by atoms with E-state index in [4.69, 9.17) is 4.42 Å². The van der Waals surface area contributed by atoms with Crippen LogP contribution in [0, 0.1) is 6.92 Å². The molecule has 1 amide bonds. The molecule has 1 aliphatic rings. The van der Waals surface area contributed by atoms with Crippen molar-refractivity contribution in [2.75, 3.05) is 13.1 Å². The Hall–Kier alpha value is -0.810. The lowest BCUT2D eigenvalue weighted by Gasteiger charge is -2.14. The second-order valence-corrected chi connectivity index (χ2v) is 4.50. The molecule has 1 aromatic rings. The van der Waals surface area contributed by atoms with Crippen molar-refractivity contribution in [3.63, 3.8) is 0 Å². The molecule has 15 heavy (non-hydrogen) atoms. The molecule has 0 bridgehead atoms. The van der Waals surface area contributed by atoms with Crippen LogP contribution in [0.1, 0.15) is 22.5 Å². The van der Waals surface area contributed by atoms with Crippen molar-refractivity contribution in [1.82, 2.24) is 4.90 Å². The average molecular weight is 274 g/mol. The number of aliphatic hydroxyl groups excluding tert-OH is 1. The number of rotatable bonds is 1. The molecule has 1 N–H and O–H groups in total. The van der Waals surface area contributed by atoms with Crippen LogP contribution in [0.2, 0.25) is 0 Å². The van der Waals surface area contributed by atoms with E-state index >= 15 is 0 Å². The summed E-state index contributed by atoms with van der Waals surface area (Å²) in [7, 11) is 0. The standard InChI is InChI=1S/C10H12BrNO3/c1-6-8(4-9(11)15-6)10(14)12-3-2-7(13)5-12/h4,7,13H,2-3,5H2,1H3/t7-/m0/s1. The second kappa shape index (κ2) is 3.98. The van der Waals surface area contributed by atoms with E-state index in [-0.39, 0.29) is 12.0 Å². The minimum absolute atomic E-state index is 0.0708. The fourth-order valence-corrected chi connectivity index (χ4v) is 2.23. The first-order chi connectivity index (χ1) is 7.08. The van der Waals surface area contributed by atoms with Crippen molar-refractivity contribution < 1.29 is 14.3 Å². The molecule has 1 aromatic heterocycles. The van der Waals surface area contributed by atoms with Gasteiger partial charge in [0.25, 0.3) is 5.91 Å². The van der Waals surface area contributed by atoms with E-state index in [0.717, 1.165) is 0 Å². The fraction of sp³-hybridized carbons (Fsp3) is 0.500. The lowest BCUT2D eigenvalue weighted by Crippen LogP contribution is -2.29. The molecular weight excluding hydrogens is 262 g/mol. The van der Waals surface area contributed by atoms with Gasteiger partial charge < -0.3 is 14.4 Å². The van der Waals surface area contributed by atoms with E-state index in [9.17, 15) is 9.90 Å². The van der Waals surface area contributed by atoms with Crippen LogP contribution in [0.5, 0.6) is 0 Å². The maximum absolute atomic E-state index is 12.0. The maximum Gasteiger partial charge on any atom is 0.257 e. The Kier molecular flexibility index (Phi) is 2.84. The number of halogens is 1. The van der Waals surface area contributed by atoms with Crippen molar-refractivity contribution in [2.24, 2.45) is 0 Å². The summed E-state index contributed by atoms with van der Waals surface area (Å²) in [6, 6.07) is 1.67. The number of amides is 1. The van der Waals surface area contributed by atoms with Gasteiger partial charge in [-0.3, -0.25) is 4.79 Å². The SMILES string of the molecule is Cc1oc(Br)cc1C(=O)N1CC[C@H](O)C1. The Morgan fingerprint density at radius 3 is 2.93 bits per heavy atom. The summed E-state index contributed by atoms with van der Waals surface area (Å²) in [5, 5.41) is 9.34. The van der Waals surface area contributed by atoms with Crippen LogP contribution in [0.25, 0.3) is 0 Å². The van der Waals surface area contributed by atoms with Crippen molar-refractivity contribution >= 4 is 21.8 Å². The number of aliphatic hydroxyl groups is 1. The highest BCUT2D eigenvalue weighted by Gasteiger charge is 2.27. The summed E-state index contributed by atoms with van der Waals surface area (Å²) in [6.07, 6.45) is 0.272. The number of aryl methyl sites for hydroxylation is 1. The largest absolute Gasteiger partial charge is 0.454 e. The van der Waals surface area contributed by atoms with E-state index in [2.05, 4.69) is 15.9 Å². The molecule has 0 aromatic carbocycles. The van der Waals surface area contributed by atoms with Crippen LogP contribution in [-0.4, -0.2) is 35.1 Å². The molecule has 1 aliphatic heterocycles. The van der Waals surface area contributed by atoms with E-state index in [1.807, 2.05) is 0 Å². The number of β-amino-alcohol motifs (C(OH)–C–C–N with tert-alkyl or cyclic N) is 1. The third-order valence-electron chi connectivity index (χ3n) is 2.57. The Balaban J connectivity index is 2.17. The molecule has 4 nitrogen and oxygen atoms in total. The predicted octanol–water partition coefficient (Wildman–Crippen LogP) is 1.56. The molecule has 1 atom stereocenters. The van der Waals surface area contributed by atoms with E-state index in [1.54, 1.807) is 17.9 Å². The van der Waals surface area contributed by atoms with Gasteiger partial charge in [0.1, 0.15) is 5.76 Å². The van der Waals surface area contributed by atoms with Gasteiger partial charge in [0, 0.05) is 19.2 Å². The number of likely N-dealkylation sites (tertiary alicyclic amines) is 1. The minimum Gasteiger partial charge on any atom is -0.454 e. The van der Waals surface area contributed by atoms with Gasteiger partial charge in [-0.2, -0.15) is 0 Å². The number of carbonyl (C=O) groups is 1. The Labute approximate surface area is 96.0 Å². The fourth-order valence-electron chi connectivity index (χ4n) is 1.75. The van der Waals surface area contributed by atoms with Crippen LogP contribution in [0.15, 0.2) is 15.2 Å². The zero-order chi connectivity index (χ0) is 11.0. The Bertz CT molecular complexity index is 388. The molecule has 1 fully saturated rings. The Morgan fingerprint density at radius 2 is 2.47 bits per heavy atom. The van der Waals surface area contributed by atoms with E-state index in [0.29, 0.717) is 35.5 Å². The predicted molar refractivity (Wildman–Crippen MR) is 57.7 cm³/mol. The van der Waals surface area contributed by atoms with Crippen LogP contribution in [0.4, 0.5) is 0 Å². The molecule has 0 unspecified atom stereocenters. The quantitative estimate of drug-likeness (QED) is 0.845. The van der Waals surface area contributed by atoms with Gasteiger partial charge >= 0.3 is 0 Å². The summed E-state index contributed by atoms with van der Waals surface area (Å²) < 4.78 is 5.79. The highest BCUT2D eigenvalue weighted by molar-refractivity contribution is 9.10. The zero-order valence-corrected chi connectivity index (χ0v) is 9.95. The maximum atomic E-state index is 12.0. The van der Waals surface area contributed by atoms with Crippen LogP contribution >= 0.6 is 15.9 Å². The molecule has 0 radical (unpaired) electrons. The van der Waals surface area contributed by atoms with Gasteiger partial charge in [-0.25, -0.2) is 0 Å². The van der Waals surface area contributed by atoms with E-state index in [1.165, 1.54) is 0 Å². The Morgan fingerprint density at radius 1 is 1.73 bits per heavy atom. The third-order valence-corrected chi connectivity index (χ3v) is 2.96. The van der Waals surface area contributed by atoms with Gasteiger partial charge in [0.2, 0.25) is 0 Å².